The molecule has 136 valence electrons. The van der Waals surface area contributed by atoms with Crippen molar-refractivity contribution >= 4 is 45.9 Å². The van der Waals surface area contributed by atoms with Crippen molar-refractivity contribution in [2.24, 2.45) is 0 Å². The molecule has 0 atom stereocenters. The predicted octanol–water partition coefficient (Wildman–Crippen LogP) is 2.11. The minimum atomic E-state index is -0.432. The van der Waals surface area contributed by atoms with Crippen LogP contribution in [0.15, 0.2) is 17.4 Å². The molecule has 0 radical (unpaired) electrons. The Morgan fingerprint density at radius 1 is 1.35 bits per heavy atom. The number of rotatable bonds is 6. The second kappa shape index (κ2) is 7.79. The number of anilines is 1. The Morgan fingerprint density at radius 2 is 2.15 bits per heavy atom. The Morgan fingerprint density at radius 3 is 2.92 bits per heavy atom. The van der Waals surface area contributed by atoms with Gasteiger partial charge >= 0.3 is 5.97 Å². The molecule has 3 aromatic rings. The summed E-state index contributed by atoms with van der Waals surface area (Å²) in [6.07, 6.45) is 1.42. The highest BCUT2D eigenvalue weighted by Crippen LogP contribution is 2.24. The lowest BCUT2D eigenvalue weighted by atomic mass is 10.4. The number of ether oxygens (including phenoxy) is 1. The number of carbonyl (C=O) groups excluding carboxylic acids is 2. The van der Waals surface area contributed by atoms with Crippen LogP contribution in [-0.4, -0.2) is 48.8 Å². The van der Waals surface area contributed by atoms with Crippen LogP contribution < -0.4 is 5.32 Å². The number of nitrogens with zero attached hydrogens (tertiary/aromatic N) is 5. The van der Waals surface area contributed by atoms with E-state index in [9.17, 15) is 9.59 Å². The van der Waals surface area contributed by atoms with Gasteiger partial charge in [-0.25, -0.2) is 14.8 Å². The normalized spacial score (nSPS) is 10.9. The molecule has 3 rings (SSSR count). The maximum Gasteiger partial charge on any atom is 0.350 e. The summed E-state index contributed by atoms with van der Waals surface area (Å²) < 4.78 is 6.55. The smallest absolute Gasteiger partial charge is 0.350 e. The molecule has 0 aliphatic heterocycles. The van der Waals surface area contributed by atoms with E-state index in [1.165, 1.54) is 18.1 Å². The first-order valence-electron chi connectivity index (χ1n) is 7.72. The van der Waals surface area contributed by atoms with Gasteiger partial charge in [-0.15, -0.1) is 0 Å². The second-order valence-electron chi connectivity index (χ2n) is 5.20. The first-order chi connectivity index (χ1) is 12.5. The zero-order chi connectivity index (χ0) is 18.7. The fourth-order valence-electron chi connectivity index (χ4n) is 2.13. The Labute approximate surface area is 157 Å². The summed E-state index contributed by atoms with van der Waals surface area (Å²) in [7, 11) is 0. The number of hydrogen-bond acceptors (Lipinski definition) is 9. The zero-order valence-electron chi connectivity index (χ0n) is 14.3. The lowest BCUT2D eigenvalue weighted by Crippen LogP contribution is -2.14. The van der Waals surface area contributed by atoms with Gasteiger partial charge in [-0.05, 0) is 26.8 Å². The number of carbonyl (C=O) groups is 2. The number of fused-ring (bicyclic) bond motifs is 1. The topological polar surface area (TPSA) is 111 Å². The third-order valence-electron chi connectivity index (χ3n) is 3.20. The monoisotopic (exact) mass is 392 g/mol. The van der Waals surface area contributed by atoms with Gasteiger partial charge in [0.25, 0.3) is 5.78 Å². The number of nitrogens with one attached hydrogen (secondary N) is 1. The van der Waals surface area contributed by atoms with Gasteiger partial charge in [0.05, 0.1) is 18.1 Å². The van der Waals surface area contributed by atoms with Crippen molar-refractivity contribution in [2.75, 3.05) is 17.7 Å². The van der Waals surface area contributed by atoms with Crippen molar-refractivity contribution in [1.82, 2.24) is 24.6 Å². The fraction of sp³-hybridized carbons (Fsp3) is 0.333. The first-order valence-corrected chi connectivity index (χ1v) is 9.52. The molecule has 26 heavy (non-hydrogen) atoms. The molecule has 0 unspecified atom stereocenters. The van der Waals surface area contributed by atoms with E-state index in [0.717, 1.165) is 22.1 Å². The number of thioether (sulfide) groups is 1. The van der Waals surface area contributed by atoms with Crippen LogP contribution in [0.25, 0.3) is 5.78 Å². The first kappa shape index (κ1) is 18.3. The molecule has 11 heteroatoms. The summed E-state index contributed by atoms with van der Waals surface area (Å²) in [5.74, 6) is -0.0196. The van der Waals surface area contributed by atoms with Gasteiger partial charge in [0, 0.05) is 5.69 Å². The van der Waals surface area contributed by atoms with Gasteiger partial charge < -0.3 is 10.1 Å². The second-order valence-corrected chi connectivity index (χ2v) is 7.19. The van der Waals surface area contributed by atoms with Gasteiger partial charge in [0.15, 0.2) is 5.13 Å². The summed E-state index contributed by atoms with van der Waals surface area (Å²) >= 11 is 2.41. The molecule has 3 aromatic heterocycles. The van der Waals surface area contributed by atoms with E-state index in [0.29, 0.717) is 21.5 Å². The number of amides is 1. The minimum Gasteiger partial charge on any atom is -0.462 e. The predicted molar refractivity (Wildman–Crippen MR) is 97.7 cm³/mol. The SMILES string of the molecule is CCOC(=O)c1sc(NC(=O)CSc2cc(C)nc3ncnn23)nc1C. The summed E-state index contributed by atoms with van der Waals surface area (Å²) in [4.78, 5) is 36.9. The highest BCUT2D eigenvalue weighted by atomic mass is 32.2. The lowest BCUT2D eigenvalue weighted by Gasteiger charge is -2.05. The number of thiazole rings is 1. The summed E-state index contributed by atoms with van der Waals surface area (Å²) in [6, 6.07) is 1.84. The fourth-order valence-corrected chi connectivity index (χ4v) is 3.86. The molecule has 9 nitrogen and oxygen atoms in total. The number of esters is 1. The van der Waals surface area contributed by atoms with Crippen molar-refractivity contribution in [3.63, 3.8) is 0 Å². The molecular weight excluding hydrogens is 376 g/mol. The largest absolute Gasteiger partial charge is 0.462 e. The highest BCUT2D eigenvalue weighted by molar-refractivity contribution is 7.99. The Balaban J connectivity index is 1.65. The maximum atomic E-state index is 12.2. The molecule has 0 saturated heterocycles. The molecule has 0 spiro atoms. The molecule has 3 heterocycles. The average molecular weight is 392 g/mol. The minimum absolute atomic E-state index is 0.159. The van der Waals surface area contributed by atoms with Crippen LogP contribution >= 0.6 is 23.1 Å². The van der Waals surface area contributed by atoms with Crippen LogP contribution in [0, 0.1) is 13.8 Å². The zero-order valence-corrected chi connectivity index (χ0v) is 16.0. The van der Waals surface area contributed by atoms with Crippen molar-refractivity contribution in [2.45, 2.75) is 25.8 Å². The molecule has 0 fully saturated rings. The van der Waals surface area contributed by atoms with Crippen molar-refractivity contribution in [3.8, 4) is 0 Å². The molecule has 1 amide bonds. The number of aromatic nitrogens is 5. The van der Waals surface area contributed by atoms with Crippen LogP contribution in [0.5, 0.6) is 0 Å². The molecule has 0 saturated carbocycles. The van der Waals surface area contributed by atoms with Gasteiger partial charge in [-0.1, -0.05) is 23.1 Å². The van der Waals surface area contributed by atoms with Crippen LogP contribution in [0.3, 0.4) is 0 Å². The van der Waals surface area contributed by atoms with Crippen molar-refractivity contribution < 1.29 is 14.3 Å². The van der Waals surface area contributed by atoms with Crippen LogP contribution in [0.4, 0.5) is 5.13 Å². The van der Waals surface area contributed by atoms with Gasteiger partial charge in [-0.3, -0.25) is 4.79 Å². The molecule has 0 bridgehead atoms. The van der Waals surface area contributed by atoms with E-state index in [1.54, 1.807) is 18.4 Å². The van der Waals surface area contributed by atoms with Crippen molar-refractivity contribution in [3.05, 3.63) is 28.7 Å². The molecule has 0 aliphatic carbocycles. The van der Waals surface area contributed by atoms with Crippen LogP contribution in [-0.2, 0) is 9.53 Å². The quantitative estimate of drug-likeness (QED) is 0.386. The molecule has 0 aliphatic rings. The van der Waals surface area contributed by atoms with E-state index in [4.69, 9.17) is 4.74 Å². The summed E-state index contributed by atoms with van der Waals surface area (Å²) in [5, 5.41) is 7.94. The van der Waals surface area contributed by atoms with Gasteiger partial charge in [0.2, 0.25) is 5.91 Å². The Hall–Kier alpha value is -2.53. The summed E-state index contributed by atoms with van der Waals surface area (Å²) in [5.41, 5.74) is 1.33. The summed E-state index contributed by atoms with van der Waals surface area (Å²) in [6.45, 7) is 5.58. The maximum absolute atomic E-state index is 12.2. The van der Waals surface area contributed by atoms with E-state index in [-0.39, 0.29) is 18.3 Å². The van der Waals surface area contributed by atoms with E-state index in [2.05, 4.69) is 25.4 Å². The Bertz CT molecular complexity index is 968. The molecular formula is C15H16N6O3S2. The van der Waals surface area contributed by atoms with E-state index >= 15 is 0 Å². The third-order valence-corrected chi connectivity index (χ3v) is 5.25. The van der Waals surface area contributed by atoms with Crippen LogP contribution in [0.1, 0.15) is 28.0 Å². The van der Waals surface area contributed by atoms with E-state index < -0.39 is 5.97 Å². The third kappa shape index (κ3) is 3.99. The highest BCUT2D eigenvalue weighted by Gasteiger charge is 2.18. The molecule has 0 aromatic carbocycles. The van der Waals surface area contributed by atoms with Crippen LogP contribution in [0.2, 0.25) is 0 Å². The molecule has 1 N–H and O–H groups in total. The van der Waals surface area contributed by atoms with Gasteiger partial charge in [-0.2, -0.15) is 14.6 Å². The lowest BCUT2D eigenvalue weighted by molar-refractivity contribution is -0.113. The van der Waals surface area contributed by atoms with Gasteiger partial charge in [0.1, 0.15) is 16.2 Å². The van der Waals surface area contributed by atoms with Crippen molar-refractivity contribution in [1.29, 1.82) is 0 Å². The van der Waals surface area contributed by atoms with E-state index in [1.807, 2.05) is 13.0 Å². The number of hydrogen-bond donors (Lipinski definition) is 1. The Kier molecular flexibility index (Phi) is 5.47. The number of aryl methyl sites for hydroxylation is 2. The average Bonchev–Trinajstić information content (AvgIpc) is 3.19. The standard InChI is InChI=1S/C15H16N6O3S2/c1-4-24-13(23)12-9(3)19-15(26-12)20-10(22)6-25-11-5-8(2)18-14-16-7-17-21(11)14/h5,7H,4,6H2,1-3H3,(H,19,20,22).